The minimum absolute atomic E-state index is 0.221. The smallest absolute Gasteiger partial charge is 0.230 e. The summed E-state index contributed by atoms with van der Waals surface area (Å²) in [5.74, 6) is 1.65. The molecule has 132 valence electrons. The monoisotopic (exact) mass is 330 g/mol. The second kappa shape index (κ2) is 7.56. The predicted octanol–water partition coefficient (Wildman–Crippen LogP) is 2.97. The van der Waals surface area contributed by atoms with Crippen LogP contribution in [0.15, 0.2) is 24.3 Å². The van der Waals surface area contributed by atoms with Gasteiger partial charge in [0.05, 0.1) is 12.5 Å². The van der Waals surface area contributed by atoms with Crippen molar-refractivity contribution in [2.75, 3.05) is 33.8 Å². The van der Waals surface area contributed by atoms with Gasteiger partial charge in [-0.3, -0.25) is 4.79 Å². The minimum Gasteiger partial charge on any atom is -0.497 e. The fourth-order valence-corrected chi connectivity index (χ4v) is 4.38. The maximum atomic E-state index is 13.1. The number of carbonyl (C=O) groups is 1. The summed E-state index contributed by atoms with van der Waals surface area (Å²) in [7, 11) is 3.85. The number of hydrogen-bond donors (Lipinski definition) is 1. The van der Waals surface area contributed by atoms with Crippen molar-refractivity contribution in [2.24, 2.45) is 5.92 Å². The van der Waals surface area contributed by atoms with E-state index in [9.17, 15) is 4.79 Å². The van der Waals surface area contributed by atoms with Crippen molar-refractivity contribution in [1.82, 2.24) is 10.2 Å². The zero-order valence-corrected chi connectivity index (χ0v) is 15.0. The first-order chi connectivity index (χ1) is 11.6. The van der Waals surface area contributed by atoms with E-state index in [2.05, 4.69) is 29.4 Å². The van der Waals surface area contributed by atoms with E-state index in [4.69, 9.17) is 4.74 Å². The lowest BCUT2D eigenvalue weighted by Gasteiger charge is -2.32. The quantitative estimate of drug-likeness (QED) is 0.902. The van der Waals surface area contributed by atoms with E-state index in [0.717, 1.165) is 50.1 Å². The Morgan fingerprint density at radius 2 is 1.96 bits per heavy atom. The van der Waals surface area contributed by atoms with Crippen LogP contribution in [0.25, 0.3) is 0 Å². The highest BCUT2D eigenvalue weighted by Crippen LogP contribution is 2.41. The molecule has 1 unspecified atom stereocenters. The molecule has 4 nitrogen and oxygen atoms in total. The summed E-state index contributed by atoms with van der Waals surface area (Å²) in [5, 5.41) is 3.29. The Kier molecular flexibility index (Phi) is 5.44. The summed E-state index contributed by atoms with van der Waals surface area (Å²) in [4.78, 5) is 15.5. The number of carbonyl (C=O) groups excluding carboxylic acids is 1. The molecular formula is C20H30N2O2. The number of nitrogens with one attached hydrogen (secondary N) is 1. The summed E-state index contributed by atoms with van der Waals surface area (Å²) in [6.45, 7) is 3.08. The third kappa shape index (κ3) is 3.59. The van der Waals surface area contributed by atoms with Crippen LogP contribution in [-0.4, -0.2) is 44.6 Å². The van der Waals surface area contributed by atoms with Crippen molar-refractivity contribution in [3.8, 4) is 5.75 Å². The van der Waals surface area contributed by atoms with E-state index >= 15 is 0 Å². The number of amides is 1. The molecule has 1 heterocycles. The van der Waals surface area contributed by atoms with Crippen molar-refractivity contribution in [2.45, 2.75) is 43.9 Å². The summed E-state index contributed by atoms with van der Waals surface area (Å²) < 4.78 is 5.26. The lowest BCUT2D eigenvalue weighted by Crippen LogP contribution is -2.46. The molecule has 1 aliphatic heterocycles. The van der Waals surface area contributed by atoms with Crippen molar-refractivity contribution >= 4 is 5.91 Å². The van der Waals surface area contributed by atoms with Gasteiger partial charge in [-0.05, 0) is 62.9 Å². The molecule has 1 saturated carbocycles. The van der Waals surface area contributed by atoms with Gasteiger partial charge in [0.1, 0.15) is 5.75 Å². The van der Waals surface area contributed by atoms with Gasteiger partial charge < -0.3 is 15.0 Å². The van der Waals surface area contributed by atoms with Gasteiger partial charge in [-0.25, -0.2) is 0 Å². The van der Waals surface area contributed by atoms with Crippen molar-refractivity contribution in [3.05, 3.63) is 29.8 Å². The van der Waals surface area contributed by atoms with Crippen molar-refractivity contribution in [3.63, 3.8) is 0 Å². The molecule has 1 N–H and O–H groups in total. The Morgan fingerprint density at radius 1 is 1.25 bits per heavy atom. The van der Waals surface area contributed by atoms with E-state index in [1.807, 2.05) is 12.1 Å². The second-order valence-electron chi connectivity index (χ2n) is 7.50. The summed E-state index contributed by atoms with van der Waals surface area (Å²) in [6, 6.07) is 8.08. The molecule has 1 saturated heterocycles. The minimum atomic E-state index is -0.340. The van der Waals surface area contributed by atoms with Crippen molar-refractivity contribution in [1.29, 1.82) is 0 Å². The maximum Gasteiger partial charge on any atom is 0.230 e. The van der Waals surface area contributed by atoms with Crippen molar-refractivity contribution < 1.29 is 9.53 Å². The van der Waals surface area contributed by atoms with E-state index in [0.29, 0.717) is 5.92 Å². The molecule has 0 spiro atoms. The van der Waals surface area contributed by atoms with Crippen LogP contribution in [0, 0.1) is 5.92 Å². The average Bonchev–Trinajstić information content (AvgIpc) is 3.11. The standard InChI is InChI=1S/C20H30N2O2/c1-22-13-5-6-16(15-22)14-21-19(23)20(11-3-4-12-20)17-7-9-18(24-2)10-8-17/h7-10,16H,3-6,11-15H2,1-2H3,(H,21,23). The molecule has 1 aromatic rings. The van der Waals surface area contributed by atoms with Crippen LogP contribution in [0.4, 0.5) is 0 Å². The highest BCUT2D eigenvalue weighted by atomic mass is 16.5. The molecule has 4 heteroatoms. The van der Waals surface area contributed by atoms with Crippen LogP contribution in [0.5, 0.6) is 5.75 Å². The maximum absolute atomic E-state index is 13.1. The Hall–Kier alpha value is -1.55. The largest absolute Gasteiger partial charge is 0.497 e. The molecule has 0 bridgehead atoms. The molecule has 1 aromatic carbocycles. The average molecular weight is 330 g/mol. The molecule has 24 heavy (non-hydrogen) atoms. The Balaban J connectivity index is 1.68. The lowest BCUT2D eigenvalue weighted by molar-refractivity contribution is -0.126. The SMILES string of the molecule is COc1ccc(C2(C(=O)NCC3CCCN(C)C3)CCCC2)cc1. The van der Waals surface area contributed by atoms with Gasteiger partial charge >= 0.3 is 0 Å². The third-order valence-corrected chi connectivity index (χ3v) is 5.81. The molecule has 1 amide bonds. The fraction of sp³-hybridized carbons (Fsp3) is 0.650. The number of piperidine rings is 1. The first kappa shape index (κ1) is 17.3. The summed E-state index contributed by atoms with van der Waals surface area (Å²) in [6.07, 6.45) is 6.63. The summed E-state index contributed by atoms with van der Waals surface area (Å²) in [5.41, 5.74) is 0.798. The fourth-order valence-electron chi connectivity index (χ4n) is 4.38. The van der Waals surface area contributed by atoms with Gasteiger partial charge in [-0.2, -0.15) is 0 Å². The highest BCUT2D eigenvalue weighted by molar-refractivity contribution is 5.88. The number of benzene rings is 1. The number of methoxy groups -OCH3 is 1. The third-order valence-electron chi connectivity index (χ3n) is 5.81. The Bertz CT molecular complexity index is 549. The Labute approximate surface area is 145 Å². The molecule has 2 fully saturated rings. The van der Waals surface area contributed by atoms with Gasteiger partial charge in [0, 0.05) is 13.1 Å². The van der Waals surface area contributed by atoms with E-state index in [1.165, 1.54) is 19.4 Å². The first-order valence-electron chi connectivity index (χ1n) is 9.25. The number of nitrogens with zero attached hydrogens (tertiary/aromatic N) is 1. The van der Waals surface area contributed by atoms with Crippen LogP contribution >= 0.6 is 0 Å². The predicted molar refractivity (Wildman–Crippen MR) is 96.4 cm³/mol. The zero-order valence-electron chi connectivity index (χ0n) is 15.0. The molecule has 0 aromatic heterocycles. The molecule has 1 aliphatic carbocycles. The van der Waals surface area contributed by atoms with Gasteiger partial charge in [0.15, 0.2) is 0 Å². The van der Waals surface area contributed by atoms with E-state index in [1.54, 1.807) is 7.11 Å². The van der Waals surface area contributed by atoms with Gasteiger partial charge in [-0.15, -0.1) is 0 Å². The highest BCUT2D eigenvalue weighted by Gasteiger charge is 2.42. The normalized spacial score (nSPS) is 23.8. The number of rotatable bonds is 5. The van der Waals surface area contributed by atoms with Gasteiger partial charge in [0.2, 0.25) is 5.91 Å². The topological polar surface area (TPSA) is 41.6 Å². The first-order valence-corrected chi connectivity index (χ1v) is 9.25. The number of hydrogen-bond acceptors (Lipinski definition) is 3. The van der Waals surface area contributed by atoms with Gasteiger partial charge in [0.25, 0.3) is 0 Å². The Morgan fingerprint density at radius 3 is 2.58 bits per heavy atom. The number of ether oxygens (including phenoxy) is 1. The second-order valence-corrected chi connectivity index (χ2v) is 7.50. The zero-order chi connectivity index (χ0) is 17.0. The van der Waals surface area contributed by atoms with E-state index in [-0.39, 0.29) is 11.3 Å². The lowest BCUT2D eigenvalue weighted by atomic mass is 9.78. The molecule has 2 aliphatic rings. The van der Waals surface area contributed by atoms with Crippen LogP contribution in [0.2, 0.25) is 0 Å². The van der Waals surface area contributed by atoms with Gasteiger partial charge in [-0.1, -0.05) is 25.0 Å². The molecule has 0 radical (unpaired) electrons. The number of likely N-dealkylation sites (tertiary alicyclic amines) is 1. The molecule has 1 atom stereocenters. The molecule has 3 rings (SSSR count). The molecular weight excluding hydrogens is 300 g/mol. The van der Waals surface area contributed by atoms with Crippen LogP contribution < -0.4 is 10.1 Å². The van der Waals surface area contributed by atoms with Crippen LogP contribution in [-0.2, 0) is 10.2 Å². The summed E-state index contributed by atoms with van der Waals surface area (Å²) >= 11 is 0. The van der Waals surface area contributed by atoms with E-state index < -0.39 is 0 Å². The van der Waals surface area contributed by atoms with Crippen LogP contribution in [0.1, 0.15) is 44.1 Å². The van der Waals surface area contributed by atoms with Crippen LogP contribution in [0.3, 0.4) is 0 Å².